The van der Waals surface area contributed by atoms with Gasteiger partial charge in [-0.25, -0.2) is 21.8 Å². The molecule has 0 aliphatic carbocycles. The van der Waals surface area contributed by atoms with Crippen molar-refractivity contribution < 1.29 is 32.2 Å². The highest BCUT2D eigenvalue weighted by molar-refractivity contribution is 7.81. The molecule has 0 aliphatic heterocycles. The van der Waals surface area contributed by atoms with Crippen LogP contribution in [-0.2, 0) is 22.5 Å². The first kappa shape index (κ1) is 30.6. The maximum Gasteiger partial charge on any atom is 0.337 e. The second-order valence-corrected chi connectivity index (χ2v) is 11.5. The summed E-state index contributed by atoms with van der Waals surface area (Å²) in [6.45, 7) is 3.80. The molecule has 0 aliphatic rings. The Labute approximate surface area is 259 Å². The summed E-state index contributed by atoms with van der Waals surface area (Å²) in [7, 11) is 0. The van der Waals surface area contributed by atoms with Crippen LogP contribution in [0.2, 0.25) is 0 Å². The van der Waals surface area contributed by atoms with Crippen LogP contribution in [0.15, 0.2) is 115 Å². The molecule has 5 aromatic rings. The van der Waals surface area contributed by atoms with Gasteiger partial charge in [0.2, 0.25) is 0 Å². The number of benzene rings is 5. The fraction of sp³-hybridized carbons (Fsp3) is 0.0606. The van der Waals surface area contributed by atoms with Gasteiger partial charge in [0.1, 0.15) is 11.5 Å². The third-order valence-electron chi connectivity index (χ3n) is 6.77. The van der Waals surface area contributed by atoms with Crippen molar-refractivity contribution in [2.24, 2.45) is 0 Å². The predicted molar refractivity (Wildman–Crippen MR) is 174 cm³/mol. The number of aromatic carboxylic acids is 1. The lowest BCUT2D eigenvalue weighted by Crippen LogP contribution is -2.21. The second-order valence-electron chi connectivity index (χ2n) is 9.85. The molecule has 0 amide bonds. The minimum absolute atomic E-state index is 0.00836. The van der Waals surface area contributed by atoms with E-state index in [4.69, 9.17) is 4.74 Å². The number of anilines is 4. The van der Waals surface area contributed by atoms with Gasteiger partial charge in [-0.05, 0) is 80.1 Å². The summed E-state index contributed by atoms with van der Waals surface area (Å²) >= 11 is -4.96. The van der Waals surface area contributed by atoms with Crippen LogP contribution in [0.4, 0.5) is 22.7 Å². The first-order chi connectivity index (χ1) is 21.1. The molecule has 3 N–H and O–H groups in total. The average Bonchev–Trinajstić information content (AvgIpc) is 3.00. The van der Waals surface area contributed by atoms with Gasteiger partial charge in [0.05, 0.1) is 28.3 Å². The molecule has 9 nitrogen and oxygen atoms in total. The number of rotatable bonds is 10. The molecule has 0 aromatic heterocycles. The monoisotopic (exact) mass is 628 g/mol. The zero-order valence-electron chi connectivity index (χ0n) is 23.7. The summed E-state index contributed by atoms with van der Waals surface area (Å²) < 4.78 is 53.7. The van der Waals surface area contributed by atoms with Gasteiger partial charge in [0, 0.05) is 5.56 Å². The lowest BCUT2D eigenvalue weighted by molar-refractivity contribution is 0.0697. The fourth-order valence-corrected chi connectivity index (χ4v) is 5.91. The summed E-state index contributed by atoms with van der Waals surface area (Å²) in [6.07, 6.45) is 0. The van der Waals surface area contributed by atoms with E-state index in [0.29, 0.717) is 28.4 Å². The minimum atomic E-state index is -2.56. The zero-order chi connectivity index (χ0) is 31.4. The molecule has 11 heteroatoms. The van der Waals surface area contributed by atoms with E-state index in [2.05, 4.69) is 0 Å². The number of carboxylic acid groups (broad SMARTS) is 1. The molecule has 2 atom stereocenters. The molecular weight excluding hydrogens is 601 g/mol. The van der Waals surface area contributed by atoms with Crippen LogP contribution in [0.25, 0.3) is 11.1 Å². The second kappa shape index (κ2) is 13.2. The number of hydrogen-bond acceptors (Lipinski definition) is 4. The zero-order valence-corrected chi connectivity index (χ0v) is 25.3. The smallest absolute Gasteiger partial charge is 0.337 e. The first-order valence-electron chi connectivity index (χ1n) is 13.3. The summed E-state index contributed by atoms with van der Waals surface area (Å²) in [6, 6.07) is 32.5. The van der Waals surface area contributed by atoms with Gasteiger partial charge in [-0.2, -0.15) is 0 Å². The summed E-state index contributed by atoms with van der Waals surface area (Å²) in [5.41, 5.74) is 4.38. The Bertz CT molecular complexity index is 1850. The molecule has 5 rings (SSSR count). The van der Waals surface area contributed by atoms with Gasteiger partial charge in [-0.3, -0.25) is 9.11 Å². The van der Waals surface area contributed by atoms with Crippen molar-refractivity contribution in [1.82, 2.24) is 0 Å². The highest BCUT2D eigenvalue weighted by Gasteiger charge is 2.24. The molecule has 2 unspecified atom stereocenters. The standard InChI is InChI=1S/C33H28N2O7S2/c1-22-8-12-25(13-9-22)34(43(38)39)31-18-16-27(20-29(31)24-6-4-3-5-7-24)42-28-17-19-32(30(21-28)33(36)37)35(44(40)41)26-14-10-23(2)11-15-26/h3-21H,1-2H3,(H,36,37)(H,38,39)(H,40,41). The molecule has 0 saturated heterocycles. The van der Waals surface area contributed by atoms with E-state index < -0.39 is 28.5 Å². The molecule has 0 spiro atoms. The minimum Gasteiger partial charge on any atom is -0.478 e. The lowest BCUT2D eigenvalue weighted by atomic mass is 10.0. The molecule has 0 bridgehead atoms. The number of ether oxygens (including phenoxy) is 1. The third kappa shape index (κ3) is 6.71. The molecule has 0 fully saturated rings. The van der Waals surface area contributed by atoms with E-state index in [-0.39, 0.29) is 17.0 Å². The van der Waals surface area contributed by atoms with E-state index in [0.717, 1.165) is 21.0 Å². The van der Waals surface area contributed by atoms with Crippen LogP contribution < -0.4 is 13.3 Å². The van der Waals surface area contributed by atoms with Crippen LogP contribution in [0, 0.1) is 13.8 Å². The maximum absolute atomic E-state index is 12.6. The molecule has 0 saturated carbocycles. The van der Waals surface area contributed by atoms with Gasteiger partial charge in [0.25, 0.3) is 22.5 Å². The normalized spacial score (nSPS) is 12.3. The third-order valence-corrected chi connectivity index (χ3v) is 8.21. The van der Waals surface area contributed by atoms with E-state index in [1.54, 1.807) is 54.6 Å². The van der Waals surface area contributed by atoms with Crippen molar-refractivity contribution in [3.63, 3.8) is 0 Å². The number of nitrogens with zero attached hydrogens (tertiary/aromatic N) is 2. The summed E-state index contributed by atoms with van der Waals surface area (Å²) in [4.78, 5) is 12.3. The number of carbonyl (C=O) groups is 1. The Morgan fingerprint density at radius 1 is 0.636 bits per heavy atom. The molecular formula is C33H28N2O7S2. The van der Waals surface area contributed by atoms with Crippen LogP contribution in [-0.4, -0.2) is 28.6 Å². The van der Waals surface area contributed by atoms with E-state index >= 15 is 0 Å². The fourth-order valence-electron chi connectivity index (χ4n) is 4.65. The van der Waals surface area contributed by atoms with E-state index in [1.807, 2.05) is 56.3 Å². The average molecular weight is 629 g/mol. The van der Waals surface area contributed by atoms with Gasteiger partial charge < -0.3 is 9.84 Å². The quantitative estimate of drug-likeness (QED) is 0.134. The predicted octanol–water partition coefficient (Wildman–Crippen LogP) is 8.01. The largest absolute Gasteiger partial charge is 0.478 e. The Kier molecular flexibility index (Phi) is 9.21. The highest BCUT2D eigenvalue weighted by atomic mass is 32.2. The van der Waals surface area contributed by atoms with Crippen LogP contribution in [0.1, 0.15) is 21.5 Å². The Morgan fingerprint density at radius 3 is 1.61 bits per heavy atom. The molecule has 0 heterocycles. The highest BCUT2D eigenvalue weighted by Crippen LogP contribution is 2.40. The Hall–Kier alpha value is -4.81. The molecule has 224 valence electrons. The van der Waals surface area contributed by atoms with Crippen molar-refractivity contribution in [3.8, 4) is 22.6 Å². The summed E-state index contributed by atoms with van der Waals surface area (Å²) in [5, 5.41) is 10.0. The Morgan fingerprint density at radius 2 is 1.11 bits per heavy atom. The van der Waals surface area contributed by atoms with Gasteiger partial charge in [-0.1, -0.05) is 65.7 Å². The molecule has 44 heavy (non-hydrogen) atoms. The number of carboxylic acids is 1. The van der Waals surface area contributed by atoms with Crippen LogP contribution in [0.3, 0.4) is 0 Å². The van der Waals surface area contributed by atoms with Crippen molar-refractivity contribution in [1.29, 1.82) is 0 Å². The van der Waals surface area contributed by atoms with Crippen molar-refractivity contribution in [3.05, 3.63) is 132 Å². The number of hydrogen-bond donors (Lipinski definition) is 3. The maximum atomic E-state index is 12.6. The van der Waals surface area contributed by atoms with Gasteiger partial charge >= 0.3 is 5.97 Å². The number of aryl methyl sites for hydroxylation is 2. The topological polar surface area (TPSA) is 128 Å². The SMILES string of the molecule is Cc1ccc(N(c2ccc(Oc3ccc(N(c4ccc(C)cc4)S(=O)O)c(-c4ccccc4)c3)cc2C(=O)O)S(=O)O)cc1. The van der Waals surface area contributed by atoms with Crippen LogP contribution in [0.5, 0.6) is 11.5 Å². The molecule has 5 aromatic carbocycles. The lowest BCUT2D eigenvalue weighted by Gasteiger charge is -2.24. The van der Waals surface area contributed by atoms with Crippen molar-refractivity contribution in [2.45, 2.75) is 13.8 Å². The van der Waals surface area contributed by atoms with E-state index in [9.17, 15) is 27.4 Å². The van der Waals surface area contributed by atoms with E-state index in [1.165, 1.54) is 22.5 Å². The van der Waals surface area contributed by atoms with Crippen molar-refractivity contribution >= 4 is 51.3 Å². The first-order valence-corrected chi connectivity index (χ1v) is 15.5. The summed E-state index contributed by atoms with van der Waals surface area (Å²) in [5.74, 6) is -0.801. The van der Waals surface area contributed by atoms with Gasteiger partial charge in [-0.15, -0.1) is 0 Å². The van der Waals surface area contributed by atoms with Gasteiger partial charge in [0.15, 0.2) is 0 Å². The van der Waals surface area contributed by atoms with Crippen molar-refractivity contribution in [2.75, 3.05) is 8.61 Å². The molecule has 0 radical (unpaired) electrons. The van der Waals surface area contributed by atoms with Crippen LogP contribution >= 0.6 is 0 Å². The Balaban J connectivity index is 1.56.